The van der Waals surface area contributed by atoms with Crippen molar-refractivity contribution < 1.29 is 4.79 Å². The van der Waals surface area contributed by atoms with E-state index in [4.69, 9.17) is 0 Å². The first kappa shape index (κ1) is 14.4. The fourth-order valence-corrected chi connectivity index (χ4v) is 4.91. The van der Waals surface area contributed by atoms with E-state index >= 15 is 0 Å². The normalized spacial score (nSPS) is 42.6. The van der Waals surface area contributed by atoms with Gasteiger partial charge in [-0.25, -0.2) is 0 Å². The maximum absolute atomic E-state index is 11.3. The Morgan fingerprint density at radius 1 is 0.800 bits per heavy atom. The van der Waals surface area contributed by atoms with Crippen LogP contribution in [-0.2, 0) is 4.79 Å². The molecule has 0 spiro atoms. The highest BCUT2D eigenvalue weighted by molar-refractivity contribution is 5.90. The number of rotatable bonds is 2. The second kappa shape index (κ2) is 6.45. The Morgan fingerprint density at radius 2 is 1.35 bits per heavy atom. The minimum atomic E-state index is 0.339. The lowest BCUT2D eigenvalue weighted by Crippen LogP contribution is -2.28. The zero-order valence-electron chi connectivity index (χ0n) is 13.0. The van der Waals surface area contributed by atoms with Crippen LogP contribution in [0.1, 0.15) is 71.1 Å². The van der Waals surface area contributed by atoms with Crippen LogP contribution in [0, 0.1) is 29.6 Å². The van der Waals surface area contributed by atoms with E-state index in [0.717, 1.165) is 36.5 Å². The average Bonchev–Trinajstić information content (AvgIpc) is 2.49. The zero-order chi connectivity index (χ0) is 13.9. The summed E-state index contributed by atoms with van der Waals surface area (Å²) < 4.78 is 0. The molecule has 0 radical (unpaired) electrons. The summed E-state index contributed by atoms with van der Waals surface area (Å²) in [5, 5.41) is 0. The minimum Gasteiger partial charge on any atom is -0.295 e. The van der Waals surface area contributed by atoms with Crippen molar-refractivity contribution in [2.75, 3.05) is 0 Å². The van der Waals surface area contributed by atoms with Crippen LogP contribution in [0.4, 0.5) is 0 Å². The molecule has 3 aliphatic rings. The van der Waals surface area contributed by atoms with Crippen molar-refractivity contribution in [3.05, 3.63) is 12.2 Å². The third-order valence-electron chi connectivity index (χ3n) is 6.40. The van der Waals surface area contributed by atoms with E-state index < -0.39 is 0 Å². The van der Waals surface area contributed by atoms with Crippen molar-refractivity contribution in [2.45, 2.75) is 71.1 Å². The molecule has 1 unspecified atom stereocenters. The van der Waals surface area contributed by atoms with Gasteiger partial charge in [0.15, 0.2) is 5.78 Å². The third kappa shape index (κ3) is 3.35. The highest BCUT2D eigenvalue weighted by atomic mass is 16.1. The van der Waals surface area contributed by atoms with Crippen LogP contribution in [0.5, 0.6) is 0 Å². The van der Waals surface area contributed by atoms with Crippen LogP contribution >= 0.6 is 0 Å². The van der Waals surface area contributed by atoms with E-state index in [-0.39, 0.29) is 0 Å². The van der Waals surface area contributed by atoms with Crippen LogP contribution in [0.3, 0.4) is 0 Å². The highest BCUT2D eigenvalue weighted by Crippen LogP contribution is 2.44. The predicted octanol–water partition coefficient (Wildman–Crippen LogP) is 5.15. The van der Waals surface area contributed by atoms with Gasteiger partial charge < -0.3 is 0 Å². The van der Waals surface area contributed by atoms with Gasteiger partial charge in [-0.15, -0.1) is 0 Å². The van der Waals surface area contributed by atoms with Crippen LogP contribution in [0.15, 0.2) is 12.2 Å². The summed E-state index contributed by atoms with van der Waals surface area (Å²) in [7, 11) is 0. The van der Waals surface area contributed by atoms with Gasteiger partial charge in [0, 0.05) is 6.42 Å². The van der Waals surface area contributed by atoms with Crippen molar-refractivity contribution in [1.29, 1.82) is 0 Å². The number of hydrogen-bond acceptors (Lipinski definition) is 1. The van der Waals surface area contributed by atoms with Crippen molar-refractivity contribution in [3.63, 3.8) is 0 Å². The molecule has 2 saturated carbocycles. The highest BCUT2D eigenvalue weighted by Gasteiger charge is 2.32. The lowest BCUT2D eigenvalue weighted by atomic mass is 9.66. The zero-order valence-corrected chi connectivity index (χ0v) is 13.0. The summed E-state index contributed by atoms with van der Waals surface area (Å²) >= 11 is 0. The number of carbonyl (C=O) groups is 1. The van der Waals surface area contributed by atoms with E-state index in [9.17, 15) is 4.79 Å². The molecule has 0 aromatic heterocycles. The fraction of sp³-hybridized carbons (Fsp3) is 0.842. The summed E-state index contributed by atoms with van der Waals surface area (Å²) in [5.41, 5.74) is 0. The average molecular weight is 274 g/mol. The van der Waals surface area contributed by atoms with E-state index in [0.29, 0.717) is 11.7 Å². The van der Waals surface area contributed by atoms with Crippen LogP contribution in [0.25, 0.3) is 0 Å². The maximum Gasteiger partial charge on any atom is 0.155 e. The topological polar surface area (TPSA) is 17.1 Å². The SMILES string of the molecule is CC1CCC(C2CCC(C3C=CC(=O)CC3)CC2)CC1. The van der Waals surface area contributed by atoms with Crippen LogP contribution in [0.2, 0.25) is 0 Å². The molecule has 1 atom stereocenters. The first-order chi connectivity index (χ1) is 9.72. The minimum absolute atomic E-state index is 0.339. The summed E-state index contributed by atoms with van der Waals surface area (Å²) in [6.07, 6.45) is 17.7. The molecule has 0 heterocycles. The first-order valence-electron chi connectivity index (χ1n) is 8.93. The number of ketones is 1. The van der Waals surface area contributed by atoms with E-state index in [1.807, 2.05) is 6.08 Å². The number of carbonyl (C=O) groups excluding carboxylic acids is 1. The molecule has 0 aromatic carbocycles. The molecule has 0 bridgehead atoms. The quantitative estimate of drug-likeness (QED) is 0.680. The van der Waals surface area contributed by atoms with Gasteiger partial charge in [0.05, 0.1) is 0 Å². The van der Waals surface area contributed by atoms with Gasteiger partial charge in [-0.05, 0) is 80.6 Å². The molecule has 0 aliphatic heterocycles. The molecule has 0 N–H and O–H groups in total. The predicted molar refractivity (Wildman–Crippen MR) is 83.4 cm³/mol. The summed E-state index contributed by atoms with van der Waals surface area (Å²) in [6.45, 7) is 2.42. The molecular formula is C19H30O. The van der Waals surface area contributed by atoms with E-state index in [1.165, 1.54) is 51.4 Å². The maximum atomic E-state index is 11.3. The largest absolute Gasteiger partial charge is 0.295 e. The first-order valence-corrected chi connectivity index (χ1v) is 8.93. The van der Waals surface area contributed by atoms with E-state index in [2.05, 4.69) is 13.0 Å². The Kier molecular flexibility index (Phi) is 4.63. The Balaban J connectivity index is 1.47. The Bertz CT molecular complexity index is 354. The van der Waals surface area contributed by atoms with Gasteiger partial charge in [-0.1, -0.05) is 25.8 Å². The molecule has 112 valence electrons. The van der Waals surface area contributed by atoms with Gasteiger partial charge in [-0.2, -0.15) is 0 Å². The van der Waals surface area contributed by atoms with Gasteiger partial charge in [0.25, 0.3) is 0 Å². The summed E-state index contributed by atoms with van der Waals surface area (Å²) in [6, 6.07) is 0. The van der Waals surface area contributed by atoms with E-state index in [1.54, 1.807) is 0 Å². The second-order valence-corrected chi connectivity index (χ2v) is 7.72. The molecular weight excluding hydrogens is 244 g/mol. The monoisotopic (exact) mass is 274 g/mol. The van der Waals surface area contributed by atoms with Gasteiger partial charge in [-0.3, -0.25) is 4.79 Å². The van der Waals surface area contributed by atoms with Crippen LogP contribution in [-0.4, -0.2) is 5.78 Å². The standard InChI is InChI=1S/C19H30O/c1-14-2-4-15(5-3-14)16-6-8-17(9-7-16)18-10-12-19(20)13-11-18/h10,12,14-18H,2-9,11,13H2,1H3. The Hall–Kier alpha value is -0.590. The molecule has 3 aliphatic carbocycles. The molecule has 0 saturated heterocycles. The molecule has 0 aromatic rings. The van der Waals surface area contributed by atoms with Crippen molar-refractivity contribution >= 4 is 5.78 Å². The lowest BCUT2D eigenvalue weighted by Gasteiger charge is -2.39. The van der Waals surface area contributed by atoms with Gasteiger partial charge in [0.1, 0.15) is 0 Å². The third-order valence-corrected chi connectivity index (χ3v) is 6.40. The molecule has 20 heavy (non-hydrogen) atoms. The molecule has 1 heteroatoms. The molecule has 3 rings (SSSR count). The lowest BCUT2D eigenvalue weighted by molar-refractivity contribution is -0.115. The molecule has 1 nitrogen and oxygen atoms in total. The van der Waals surface area contributed by atoms with Gasteiger partial charge >= 0.3 is 0 Å². The Morgan fingerprint density at radius 3 is 1.90 bits per heavy atom. The molecule has 0 amide bonds. The number of allylic oxidation sites excluding steroid dienone is 2. The fourth-order valence-electron chi connectivity index (χ4n) is 4.91. The van der Waals surface area contributed by atoms with Crippen molar-refractivity contribution in [3.8, 4) is 0 Å². The van der Waals surface area contributed by atoms with Crippen molar-refractivity contribution in [2.24, 2.45) is 29.6 Å². The summed E-state index contributed by atoms with van der Waals surface area (Å²) in [5.74, 6) is 4.96. The summed E-state index contributed by atoms with van der Waals surface area (Å²) in [4.78, 5) is 11.3. The van der Waals surface area contributed by atoms with Gasteiger partial charge in [0.2, 0.25) is 0 Å². The second-order valence-electron chi connectivity index (χ2n) is 7.72. The van der Waals surface area contributed by atoms with Crippen molar-refractivity contribution in [1.82, 2.24) is 0 Å². The molecule has 2 fully saturated rings. The number of hydrogen-bond donors (Lipinski definition) is 0. The smallest absolute Gasteiger partial charge is 0.155 e. The Labute approximate surface area is 124 Å². The van der Waals surface area contributed by atoms with Crippen LogP contribution < -0.4 is 0 Å².